The van der Waals surface area contributed by atoms with E-state index in [2.05, 4.69) is 0 Å². The van der Waals surface area contributed by atoms with Gasteiger partial charge in [-0.05, 0) is 24.6 Å². The van der Waals surface area contributed by atoms with Crippen LogP contribution in [0.2, 0.25) is 0 Å². The fourth-order valence-electron chi connectivity index (χ4n) is 2.50. The van der Waals surface area contributed by atoms with Crippen molar-refractivity contribution in [1.29, 1.82) is 0 Å². The molecule has 2 N–H and O–H groups in total. The summed E-state index contributed by atoms with van der Waals surface area (Å²) in [6, 6.07) is 5.03. The second-order valence-corrected chi connectivity index (χ2v) is 5.11. The molecule has 1 saturated heterocycles. The van der Waals surface area contributed by atoms with Gasteiger partial charge in [0.05, 0.1) is 12.7 Å². The number of amides is 2. The van der Waals surface area contributed by atoms with Gasteiger partial charge >= 0.3 is 0 Å². The van der Waals surface area contributed by atoms with Crippen molar-refractivity contribution in [2.45, 2.75) is 13.3 Å². The monoisotopic (exact) mass is 291 g/mol. The van der Waals surface area contributed by atoms with Crippen LogP contribution in [0, 0.1) is 0 Å². The van der Waals surface area contributed by atoms with E-state index in [4.69, 9.17) is 10.5 Å². The first-order valence-corrected chi connectivity index (χ1v) is 7.01. The molecule has 114 valence electrons. The molecule has 1 aromatic carbocycles. The van der Waals surface area contributed by atoms with Crippen molar-refractivity contribution < 1.29 is 14.3 Å². The highest BCUT2D eigenvalue weighted by atomic mass is 16.5. The number of nitrogens with two attached hydrogens (primary N) is 1. The number of anilines is 1. The third kappa shape index (κ3) is 3.45. The minimum Gasteiger partial charge on any atom is -0.496 e. The standard InChI is InChI=1S/C15H21N3O3/c1-11(19)17-6-3-7-18(9-8-17)15(20)13-10-12(16)4-5-14(13)21-2/h4-5,10H,3,6-9,16H2,1-2H3. The lowest BCUT2D eigenvalue weighted by Crippen LogP contribution is -2.36. The second kappa shape index (κ2) is 6.47. The Morgan fingerprint density at radius 2 is 1.81 bits per heavy atom. The Kier molecular flexibility index (Phi) is 4.67. The zero-order chi connectivity index (χ0) is 15.4. The lowest BCUT2D eigenvalue weighted by molar-refractivity contribution is -0.128. The molecule has 0 bridgehead atoms. The minimum atomic E-state index is -0.107. The molecule has 0 aromatic heterocycles. The molecular weight excluding hydrogens is 270 g/mol. The number of nitrogen functional groups attached to an aromatic ring is 1. The van der Waals surface area contributed by atoms with E-state index in [0.29, 0.717) is 43.2 Å². The summed E-state index contributed by atoms with van der Waals surface area (Å²) >= 11 is 0. The van der Waals surface area contributed by atoms with E-state index in [9.17, 15) is 9.59 Å². The number of nitrogens with zero attached hydrogens (tertiary/aromatic N) is 2. The van der Waals surface area contributed by atoms with E-state index in [0.717, 1.165) is 6.42 Å². The van der Waals surface area contributed by atoms with Crippen LogP contribution in [-0.2, 0) is 4.79 Å². The summed E-state index contributed by atoms with van der Waals surface area (Å²) < 4.78 is 5.24. The Labute approximate surface area is 124 Å². The van der Waals surface area contributed by atoms with Crippen molar-refractivity contribution in [2.75, 3.05) is 39.0 Å². The fraction of sp³-hybridized carbons (Fsp3) is 0.467. The highest BCUT2D eigenvalue weighted by molar-refractivity contribution is 5.98. The van der Waals surface area contributed by atoms with Gasteiger partial charge in [0.2, 0.25) is 5.91 Å². The molecule has 1 heterocycles. The number of hydrogen-bond acceptors (Lipinski definition) is 4. The highest BCUT2D eigenvalue weighted by Crippen LogP contribution is 2.23. The second-order valence-electron chi connectivity index (χ2n) is 5.11. The first-order chi connectivity index (χ1) is 10.0. The van der Waals surface area contributed by atoms with E-state index in [-0.39, 0.29) is 11.8 Å². The number of methoxy groups -OCH3 is 1. The maximum atomic E-state index is 12.6. The average molecular weight is 291 g/mol. The molecule has 0 unspecified atom stereocenters. The van der Waals surface area contributed by atoms with Gasteiger partial charge in [-0.1, -0.05) is 0 Å². The number of rotatable bonds is 2. The minimum absolute atomic E-state index is 0.0471. The molecule has 6 nitrogen and oxygen atoms in total. The van der Waals surface area contributed by atoms with Crippen LogP contribution in [0.1, 0.15) is 23.7 Å². The average Bonchev–Trinajstić information content (AvgIpc) is 2.72. The van der Waals surface area contributed by atoms with Gasteiger partial charge in [-0.15, -0.1) is 0 Å². The first kappa shape index (κ1) is 15.2. The smallest absolute Gasteiger partial charge is 0.257 e. The summed E-state index contributed by atoms with van der Waals surface area (Å²) in [6.45, 7) is 3.95. The Balaban J connectivity index is 2.16. The van der Waals surface area contributed by atoms with E-state index >= 15 is 0 Å². The van der Waals surface area contributed by atoms with E-state index in [1.54, 1.807) is 34.9 Å². The summed E-state index contributed by atoms with van der Waals surface area (Å²) in [7, 11) is 1.53. The third-order valence-corrected chi connectivity index (χ3v) is 3.68. The van der Waals surface area contributed by atoms with Gasteiger partial charge in [-0.2, -0.15) is 0 Å². The SMILES string of the molecule is COc1ccc(N)cc1C(=O)N1CCCN(C(C)=O)CC1. The maximum absolute atomic E-state index is 12.6. The van der Waals surface area contributed by atoms with E-state index < -0.39 is 0 Å². The van der Waals surface area contributed by atoms with Gasteiger partial charge in [-0.25, -0.2) is 0 Å². The van der Waals surface area contributed by atoms with Gasteiger partial charge in [-0.3, -0.25) is 9.59 Å². The van der Waals surface area contributed by atoms with Crippen LogP contribution in [0.5, 0.6) is 5.75 Å². The van der Waals surface area contributed by atoms with Crippen molar-refractivity contribution in [2.24, 2.45) is 0 Å². The quantitative estimate of drug-likeness (QED) is 0.824. The summed E-state index contributed by atoms with van der Waals surface area (Å²) in [5.74, 6) is 0.456. The molecule has 0 atom stereocenters. The molecule has 2 amide bonds. The Bertz CT molecular complexity index is 545. The van der Waals surface area contributed by atoms with Gasteiger partial charge in [0, 0.05) is 38.8 Å². The van der Waals surface area contributed by atoms with Gasteiger partial charge in [0.1, 0.15) is 5.75 Å². The Morgan fingerprint density at radius 1 is 1.14 bits per heavy atom. The molecule has 21 heavy (non-hydrogen) atoms. The number of benzene rings is 1. The van der Waals surface area contributed by atoms with Crippen LogP contribution in [0.4, 0.5) is 5.69 Å². The van der Waals surface area contributed by atoms with Crippen LogP contribution < -0.4 is 10.5 Å². The molecule has 1 aliphatic heterocycles. The maximum Gasteiger partial charge on any atom is 0.257 e. The van der Waals surface area contributed by atoms with Gasteiger partial charge < -0.3 is 20.3 Å². The summed E-state index contributed by atoms with van der Waals surface area (Å²) in [4.78, 5) is 27.6. The van der Waals surface area contributed by atoms with Crippen molar-refractivity contribution in [3.05, 3.63) is 23.8 Å². The lowest BCUT2D eigenvalue weighted by Gasteiger charge is -2.22. The molecular formula is C15H21N3O3. The first-order valence-electron chi connectivity index (χ1n) is 7.01. The topological polar surface area (TPSA) is 75.9 Å². The summed E-state index contributed by atoms with van der Waals surface area (Å²) in [5, 5.41) is 0. The van der Waals surface area contributed by atoms with Crippen molar-refractivity contribution in [3.63, 3.8) is 0 Å². The van der Waals surface area contributed by atoms with E-state index in [1.807, 2.05) is 0 Å². The van der Waals surface area contributed by atoms with Crippen molar-refractivity contribution in [1.82, 2.24) is 9.80 Å². The van der Waals surface area contributed by atoms with E-state index in [1.165, 1.54) is 7.11 Å². The number of ether oxygens (including phenoxy) is 1. The molecule has 1 fully saturated rings. The number of carbonyl (C=O) groups excluding carboxylic acids is 2. The summed E-state index contributed by atoms with van der Waals surface area (Å²) in [6.07, 6.45) is 0.774. The predicted molar refractivity (Wildman–Crippen MR) is 80.2 cm³/mol. The summed E-state index contributed by atoms with van der Waals surface area (Å²) in [5.41, 5.74) is 6.76. The normalized spacial score (nSPS) is 15.5. The molecule has 0 saturated carbocycles. The molecule has 0 aliphatic carbocycles. The zero-order valence-corrected chi connectivity index (χ0v) is 12.5. The van der Waals surface area contributed by atoms with Gasteiger partial charge in [0.25, 0.3) is 5.91 Å². The molecule has 0 radical (unpaired) electrons. The molecule has 6 heteroatoms. The number of hydrogen-bond donors (Lipinski definition) is 1. The third-order valence-electron chi connectivity index (χ3n) is 3.68. The van der Waals surface area contributed by atoms with Crippen LogP contribution in [0.25, 0.3) is 0 Å². The fourth-order valence-corrected chi connectivity index (χ4v) is 2.50. The van der Waals surface area contributed by atoms with Crippen LogP contribution in [-0.4, -0.2) is 54.9 Å². The highest BCUT2D eigenvalue weighted by Gasteiger charge is 2.23. The van der Waals surface area contributed by atoms with Crippen LogP contribution in [0.15, 0.2) is 18.2 Å². The molecule has 1 aliphatic rings. The lowest BCUT2D eigenvalue weighted by atomic mass is 10.1. The molecule has 2 rings (SSSR count). The number of carbonyl (C=O) groups is 2. The predicted octanol–water partition coefficient (Wildman–Crippen LogP) is 0.972. The Hall–Kier alpha value is -2.24. The van der Waals surface area contributed by atoms with Crippen molar-refractivity contribution in [3.8, 4) is 5.75 Å². The van der Waals surface area contributed by atoms with Crippen LogP contribution >= 0.6 is 0 Å². The van der Waals surface area contributed by atoms with Crippen molar-refractivity contribution >= 4 is 17.5 Å². The zero-order valence-electron chi connectivity index (χ0n) is 12.5. The van der Waals surface area contributed by atoms with Crippen LogP contribution in [0.3, 0.4) is 0 Å². The van der Waals surface area contributed by atoms with Gasteiger partial charge in [0.15, 0.2) is 0 Å². The largest absolute Gasteiger partial charge is 0.496 e. The molecule has 0 spiro atoms. The Morgan fingerprint density at radius 3 is 2.48 bits per heavy atom. The molecule has 1 aromatic rings.